The molecule has 24 heavy (non-hydrogen) atoms. The summed E-state index contributed by atoms with van der Waals surface area (Å²) in [5.41, 5.74) is 0.500. The second-order valence-corrected chi connectivity index (χ2v) is 6.11. The van der Waals surface area contributed by atoms with Crippen LogP contribution in [0.1, 0.15) is 36.5 Å². The van der Waals surface area contributed by atoms with Gasteiger partial charge in [0.1, 0.15) is 5.82 Å². The minimum atomic E-state index is 0.500. The summed E-state index contributed by atoms with van der Waals surface area (Å²) in [6.45, 7) is 5.56. The normalized spacial score (nSPS) is 10.6. The van der Waals surface area contributed by atoms with Crippen molar-refractivity contribution in [3.8, 4) is 11.5 Å². The maximum absolute atomic E-state index is 11.1. The van der Waals surface area contributed by atoms with E-state index in [1.54, 1.807) is 37.1 Å². The average Bonchev–Trinajstić information content (AvgIpc) is 3.03. The highest BCUT2D eigenvalue weighted by atomic mass is 32.2. The summed E-state index contributed by atoms with van der Waals surface area (Å²) in [5.74, 6) is 2.96. The van der Waals surface area contributed by atoms with Crippen LogP contribution in [0.25, 0.3) is 0 Å². The summed E-state index contributed by atoms with van der Waals surface area (Å²) in [4.78, 5) is 11.1. The van der Waals surface area contributed by atoms with Crippen molar-refractivity contribution in [2.75, 3.05) is 19.5 Å². The van der Waals surface area contributed by atoms with Crippen LogP contribution in [-0.2, 0) is 13.0 Å². The molecular formula is C17H23N3O3S. The molecule has 0 saturated heterocycles. The molecule has 0 fully saturated rings. The summed E-state index contributed by atoms with van der Waals surface area (Å²) < 4.78 is 13.1. The molecule has 6 nitrogen and oxygen atoms in total. The molecule has 2 aromatic rings. The lowest BCUT2D eigenvalue weighted by Crippen LogP contribution is -2.04. The fraction of sp³-hybridized carbons (Fsp3) is 0.471. The second-order valence-electron chi connectivity index (χ2n) is 5.04. The van der Waals surface area contributed by atoms with E-state index >= 15 is 0 Å². The van der Waals surface area contributed by atoms with Gasteiger partial charge in [-0.25, -0.2) is 0 Å². The molecule has 1 aromatic carbocycles. The number of hydrogen-bond acceptors (Lipinski definition) is 6. The van der Waals surface area contributed by atoms with E-state index in [0.717, 1.165) is 42.4 Å². The standard InChI is InChI=1S/C17H23N3O3S/c1-4-15-18-19-17(20(15)5-2)24-11-7-10-23-16-13(12-21)8-6-9-14(16)22-3/h6,8-9,12H,4-5,7,10-11H2,1-3H3. The molecule has 0 aliphatic heterocycles. The van der Waals surface area contributed by atoms with Crippen LogP contribution < -0.4 is 9.47 Å². The molecule has 0 aliphatic rings. The summed E-state index contributed by atoms with van der Waals surface area (Å²) in [6, 6.07) is 5.27. The predicted octanol–water partition coefficient (Wildman–Crippen LogP) is 3.24. The van der Waals surface area contributed by atoms with E-state index in [2.05, 4.69) is 28.6 Å². The monoisotopic (exact) mass is 349 g/mol. The maximum Gasteiger partial charge on any atom is 0.191 e. The SMILES string of the molecule is CCc1nnc(SCCCOc2c(C=O)cccc2OC)n1CC. The zero-order valence-electron chi connectivity index (χ0n) is 14.3. The first kappa shape index (κ1) is 18.3. The number of thioether (sulfide) groups is 1. The molecule has 1 aromatic heterocycles. The number of aryl methyl sites for hydroxylation is 1. The van der Waals surface area contributed by atoms with Crippen LogP contribution in [0.15, 0.2) is 23.4 Å². The van der Waals surface area contributed by atoms with E-state index in [9.17, 15) is 4.79 Å². The largest absolute Gasteiger partial charge is 0.493 e. The fourth-order valence-electron chi connectivity index (χ4n) is 2.34. The van der Waals surface area contributed by atoms with Crippen LogP contribution in [0.4, 0.5) is 0 Å². The molecule has 0 radical (unpaired) electrons. The van der Waals surface area contributed by atoms with Gasteiger partial charge in [0.05, 0.1) is 19.3 Å². The van der Waals surface area contributed by atoms with E-state index in [-0.39, 0.29) is 0 Å². The van der Waals surface area contributed by atoms with Gasteiger partial charge >= 0.3 is 0 Å². The number of aromatic nitrogens is 3. The van der Waals surface area contributed by atoms with Crippen molar-refractivity contribution in [3.05, 3.63) is 29.6 Å². The fourth-order valence-corrected chi connectivity index (χ4v) is 3.28. The van der Waals surface area contributed by atoms with E-state index < -0.39 is 0 Å². The summed E-state index contributed by atoms with van der Waals surface area (Å²) >= 11 is 1.67. The number of aldehydes is 1. The Kier molecular flexibility index (Phi) is 7.11. The Bertz CT molecular complexity index is 673. The Morgan fingerprint density at radius 1 is 1.29 bits per heavy atom. The first-order valence-electron chi connectivity index (χ1n) is 8.04. The first-order valence-corrected chi connectivity index (χ1v) is 9.03. The van der Waals surface area contributed by atoms with Gasteiger partial charge in [-0.3, -0.25) is 4.79 Å². The molecule has 0 spiro atoms. The van der Waals surface area contributed by atoms with E-state index in [0.29, 0.717) is 23.7 Å². The summed E-state index contributed by atoms with van der Waals surface area (Å²) in [6.07, 6.45) is 2.49. The molecule has 0 bridgehead atoms. The number of para-hydroxylation sites is 1. The highest BCUT2D eigenvalue weighted by Gasteiger charge is 2.11. The van der Waals surface area contributed by atoms with Crippen molar-refractivity contribution in [3.63, 3.8) is 0 Å². The molecule has 0 atom stereocenters. The van der Waals surface area contributed by atoms with Gasteiger partial charge in [-0.1, -0.05) is 24.8 Å². The van der Waals surface area contributed by atoms with Gasteiger partial charge in [-0.05, 0) is 25.5 Å². The van der Waals surface area contributed by atoms with Crippen LogP contribution in [0, 0.1) is 0 Å². The smallest absolute Gasteiger partial charge is 0.191 e. The van der Waals surface area contributed by atoms with E-state index in [4.69, 9.17) is 9.47 Å². The Hall–Kier alpha value is -2.02. The Morgan fingerprint density at radius 2 is 2.12 bits per heavy atom. The average molecular weight is 349 g/mol. The quantitative estimate of drug-likeness (QED) is 0.373. The Morgan fingerprint density at radius 3 is 2.79 bits per heavy atom. The summed E-state index contributed by atoms with van der Waals surface area (Å²) in [7, 11) is 1.56. The third-order valence-corrected chi connectivity index (χ3v) is 4.60. The third-order valence-electron chi connectivity index (χ3n) is 3.55. The van der Waals surface area contributed by atoms with Gasteiger partial charge in [0, 0.05) is 18.7 Å². The number of ether oxygens (including phenoxy) is 2. The van der Waals surface area contributed by atoms with Crippen molar-refractivity contribution in [1.82, 2.24) is 14.8 Å². The van der Waals surface area contributed by atoms with E-state index in [1.807, 2.05) is 0 Å². The number of hydrogen-bond donors (Lipinski definition) is 0. The van der Waals surface area contributed by atoms with Crippen LogP contribution in [0.2, 0.25) is 0 Å². The predicted molar refractivity (Wildman–Crippen MR) is 94.3 cm³/mol. The van der Waals surface area contributed by atoms with Gasteiger partial charge in [0.2, 0.25) is 0 Å². The third kappa shape index (κ3) is 4.29. The second kappa shape index (κ2) is 9.32. The van der Waals surface area contributed by atoms with Crippen LogP contribution in [0.5, 0.6) is 11.5 Å². The minimum Gasteiger partial charge on any atom is -0.493 e. The van der Waals surface area contributed by atoms with Gasteiger partial charge in [-0.2, -0.15) is 0 Å². The van der Waals surface area contributed by atoms with Crippen LogP contribution >= 0.6 is 11.8 Å². The Labute approximate surface area is 146 Å². The van der Waals surface area contributed by atoms with Crippen molar-refractivity contribution >= 4 is 18.0 Å². The molecule has 0 N–H and O–H groups in total. The van der Waals surface area contributed by atoms with Crippen LogP contribution in [-0.4, -0.2) is 40.5 Å². The number of benzene rings is 1. The molecule has 2 rings (SSSR count). The van der Waals surface area contributed by atoms with Crippen molar-refractivity contribution in [2.24, 2.45) is 0 Å². The molecule has 130 valence electrons. The minimum absolute atomic E-state index is 0.500. The number of rotatable bonds is 10. The molecule has 0 unspecified atom stereocenters. The van der Waals surface area contributed by atoms with Gasteiger partial charge in [-0.15, -0.1) is 10.2 Å². The topological polar surface area (TPSA) is 66.2 Å². The number of carbonyl (C=O) groups excluding carboxylic acids is 1. The highest BCUT2D eigenvalue weighted by Crippen LogP contribution is 2.30. The Balaban J connectivity index is 1.86. The van der Waals surface area contributed by atoms with Gasteiger partial charge in [0.25, 0.3) is 0 Å². The lowest BCUT2D eigenvalue weighted by molar-refractivity contribution is 0.111. The maximum atomic E-state index is 11.1. The molecular weight excluding hydrogens is 326 g/mol. The lowest BCUT2D eigenvalue weighted by atomic mass is 10.2. The number of methoxy groups -OCH3 is 1. The zero-order chi connectivity index (χ0) is 17.4. The van der Waals surface area contributed by atoms with Gasteiger partial charge < -0.3 is 14.0 Å². The van der Waals surface area contributed by atoms with Crippen molar-refractivity contribution in [2.45, 2.75) is 38.4 Å². The zero-order valence-corrected chi connectivity index (χ0v) is 15.1. The first-order chi connectivity index (χ1) is 11.7. The molecule has 7 heteroatoms. The molecule has 0 amide bonds. The van der Waals surface area contributed by atoms with E-state index in [1.165, 1.54) is 0 Å². The molecule has 1 heterocycles. The van der Waals surface area contributed by atoms with Crippen molar-refractivity contribution in [1.29, 1.82) is 0 Å². The molecule has 0 saturated carbocycles. The van der Waals surface area contributed by atoms with Gasteiger partial charge in [0.15, 0.2) is 22.9 Å². The highest BCUT2D eigenvalue weighted by molar-refractivity contribution is 7.99. The van der Waals surface area contributed by atoms with Crippen molar-refractivity contribution < 1.29 is 14.3 Å². The number of nitrogens with zero attached hydrogens (tertiary/aromatic N) is 3. The summed E-state index contributed by atoms with van der Waals surface area (Å²) in [5, 5.41) is 9.38. The lowest BCUT2D eigenvalue weighted by Gasteiger charge is -2.12. The van der Waals surface area contributed by atoms with Crippen LogP contribution in [0.3, 0.4) is 0 Å². The number of carbonyl (C=O) groups is 1. The molecule has 0 aliphatic carbocycles.